The molecule has 0 saturated carbocycles. The maximum absolute atomic E-state index is 11.0. The molecule has 1 aromatic carbocycles. The Kier molecular flexibility index (Phi) is 3.83. The molecule has 1 unspecified atom stereocenters. The number of nitrogens with zero attached hydrogens (tertiary/aromatic N) is 2. The highest BCUT2D eigenvalue weighted by Crippen LogP contribution is 2.32. The fraction of sp³-hybridized carbons (Fsp3) is 0.357. The number of hydrogen-bond acceptors (Lipinski definition) is 6. The van der Waals surface area contributed by atoms with E-state index in [1.165, 1.54) is 0 Å². The Morgan fingerprint density at radius 3 is 3.10 bits per heavy atom. The molecule has 1 atom stereocenters. The second-order valence-electron chi connectivity index (χ2n) is 4.65. The number of benzene rings is 1. The molecule has 2 aromatic rings. The Balaban J connectivity index is 1.80. The van der Waals surface area contributed by atoms with E-state index in [0.29, 0.717) is 18.9 Å². The zero-order valence-corrected chi connectivity index (χ0v) is 12.2. The lowest BCUT2D eigenvalue weighted by atomic mass is 10.1. The summed E-state index contributed by atoms with van der Waals surface area (Å²) in [4.78, 5) is 11.0. The minimum Gasteiger partial charge on any atom is -0.493 e. The van der Waals surface area contributed by atoms with Crippen LogP contribution in [-0.2, 0) is 11.2 Å². The van der Waals surface area contributed by atoms with E-state index in [9.17, 15) is 4.79 Å². The average Bonchev–Trinajstić information content (AvgIpc) is 3.12. The number of fused-ring (bicyclic) bond motifs is 1. The summed E-state index contributed by atoms with van der Waals surface area (Å²) in [5.41, 5.74) is 1.94. The zero-order valence-electron chi connectivity index (χ0n) is 11.4. The Morgan fingerprint density at radius 1 is 1.48 bits per heavy atom. The number of hydrogen-bond donors (Lipinski definition) is 1. The molecular weight excluding hydrogens is 292 g/mol. The minimum atomic E-state index is -0.878. The molecule has 2 heterocycles. The Morgan fingerprint density at radius 2 is 2.33 bits per heavy atom. The molecule has 110 valence electrons. The fourth-order valence-corrected chi connectivity index (χ4v) is 2.85. The number of carboxylic acids is 1. The smallest absolute Gasteiger partial charge is 0.317 e. The largest absolute Gasteiger partial charge is 0.493 e. The molecule has 7 heteroatoms. The van der Waals surface area contributed by atoms with Crippen LogP contribution in [0.2, 0.25) is 0 Å². The lowest BCUT2D eigenvalue weighted by Crippen LogP contribution is -2.14. The summed E-state index contributed by atoms with van der Waals surface area (Å²) < 4.78 is 11.0. The number of carboxylic acid groups (broad SMARTS) is 1. The molecule has 0 aliphatic carbocycles. The highest BCUT2D eigenvalue weighted by Gasteiger charge is 2.21. The lowest BCUT2D eigenvalue weighted by Gasteiger charge is -2.04. The van der Waals surface area contributed by atoms with Gasteiger partial charge in [-0.3, -0.25) is 4.79 Å². The van der Waals surface area contributed by atoms with E-state index >= 15 is 0 Å². The zero-order chi connectivity index (χ0) is 14.8. The molecule has 0 spiro atoms. The van der Waals surface area contributed by atoms with Crippen molar-refractivity contribution in [2.45, 2.75) is 30.2 Å². The number of aromatic nitrogens is 2. The molecule has 21 heavy (non-hydrogen) atoms. The van der Waals surface area contributed by atoms with Crippen molar-refractivity contribution >= 4 is 17.7 Å². The van der Waals surface area contributed by atoms with Crippen LogP contribution in [0.4, 0.5) is 0 Å². The van der Waals surface area contributed by atoms with Crippen LogP contribution in [0.5, 0.6) is 5.75 Å². The third-order valence-electron chi connectivity index (χ3n) is 3.23. The van der Waals surface area contributed by atoms with Gasteiger partial charge in [0.25, 0.3) is 5.22 Å². The van der Waals surface area contributed by atoms with Gasteiger partial charge in [-0.25, -0.2) is 0 Å². The van der Waals surface area contributed by atoms with Crippen molar-refractivity contribution in [1.82, 2.24) is 10.2 Å². The first-order valence-electron chi connectivity index (χ1n) is 6.66. The molecule has 0 amide bonds. The summed E-state index contributed by atoms with van der Waals surface area (Å²) in [6.45, 7) is 2.50. The van der Waals surface area contributed by atoms with E-state index in [1.807, 2.05) is 25.1 Å². The first-order chi connectivity index (χ1) is 10.2. The van der Waals surface area contributed by atoms with E-state index < -0.39 is 11.2 Å². The van der Waals surface area contributed by atoms with Crippen molar-refractivity contribution in [2.75, 3.05) is 6.61 Å². The number of ether oxygens (including phenoxy) is 1. The van der Waals surface area contributed by atoms with Crippen molar-refractivity contribution in [3.8, 4) is 17.2 Å². The van der Waals surface area contributed by atoms with E-state index in [0.717, 1.165) is 35.1 Å². The van der Waals surface area contributed by atoms with Gasteiger partial charge in [0.15, 0.2) is 0 Å². The van der Waals surface area contributed by atoms with Gasteiger partial charge in [-0.05, 0) is 30.2 Å². The molecule has 1 N–H and O–H groups in total. The van der Waals surface area contributed by atoms with Gasteiger partial charge in [0.2, 0.25) is 5.89 Å². The van der Waals surface area contributed by atoms with Gasteiger partial charge in [-0.2, -0.15) is 0 Å². The molecule has 0 fully saturated rings. The molecule has 1 aromatic heterocycles. The molecule has 0 saturated heterocycles. The van der Waals surface area contributed by atoms with Crippen LogP contribution >= 0.6 is 11.8 Å². The summed E-state index contributed by atoms with van der Waals surface area (Å²) in [6.07, 6.45) is 1.36. The Hall–Kier alpha value is -2.02. The number of thioether (sulfide) groups is 1. The molecule has 3 rings (SSSR count). The highest BCUT2D eigenvalue weighted by atomic mass is 32.2. The second-order valence-corrected chi connectivity index (χ2v) is 5.80. The van der Waals surface area contributed by atoms with Crippen LogP contribution in [0.1, 0.15) is 18.9 Å². The predicted octanol–water partition coefficient (Wildman–Crippen LogP) is 2.63. The molecule has 6 nitrogen and oxygen atoms in total. The van der Waals surface area contributed by atoms with Gasteiger partial charge >= 0.3 is 5.97 Å². The Labute approximate surface area is 125 Å². The van der Waals surface area contributed by atoms with Crippen LogP contribution in [0.3, 0.4) is 0 Å². The molecular formula is C14H14N2O4S. The summed E-state index contributed by atoms with van der Waals surface area (Å²) in [6, 6.07) is 5.72. The Bertz CT molecular complexity index is 671. The molecule has 0 radical (unpaired) electrons. The van der Waals surface area contributed by atoms with Gasteiger partial charge in [-0.15, -0.1) is 10.2 Å². The number of aliphatic carboxylic acids is 1. The van der Waals surface area contributed by atoms with Crippen LogP contribution in [-0.4, -0.2) is 33.1 Å². The third kappa shape index (κ3) is 2.87. The van der Waals surface area contributed by atoms with Gasteiger partial charge in [-0.1, -0.05) is 18.7 Å². The lowest BCUT2D eigenvalue weighted by molar-refractivity contribution is -0.136. The topological polar surface area (TPSA) is 85.5 Å². The maximum Gasteiger partial charge on any atom is 0.317 e. The summed E-state index contributed by atoms with van der Waals surface area (Å²) in [5, 5.41) is 16.6. The van der Waals surface area contributed by atoms with Gasteiger partial charge in [0.05, 0.1) is 6.61 Å². The standard InChI is InChI=1S/C14H14N2O4S/c1-2-11(13(17)18)21-14-16-15-12(20-14)9-3-4-10-8(7-9)5-6-19-10/h3-4,7,11H,2,5-6H2,1H3,(H,17,18). The monoisotopic (exact) mass is 306 g/mol. The van der Waals surface area contributed by atoms with Crippen molar-refractivity contribution in [3.63, 3.8) is 0 Å². The number of rotatable bonds is 5. The van der Waals surface area contributed by atoms with E-state index in [1.54, 1.807) is 0 Å². The van der Waals surface area contributed by atoms with Crippen molar-refractivity contribution < 1.29 is 19.1 Å². The van der Waals surface area contributed by atoms with E-state index in [2.05, 4.69) is 10.2 Å². The van der Waals surface area contributed by atoms with Crippen LogP contribution in [0, 0.1) is 0 Å². The number of carbonyl (C=O) groups is 1. The summed E-state index contributed by atoms with van der Waals surface area (Å²) in [7, 11) is 0. The van der Waals surface area contributed by atoms with E-state index in [-0.39, 0.29) is 5.22 Å². The molecule has 0 bridgehead atoms. The van der Waals surface area contributed by atoms with Crippen molar-refractivity contribution in [3.05, 3.63) is 23.8 Å². The summed E-state index contributed by atoms with van der Waals surface area (Å²) >= 11 is 1.07. The minimum absolute atomic E-state index is 0.274. The van der Waals surface area contributed by atoms with Crippen molar-refractivity contribution in [1.29, 1.82) is 0 Å². The normalized spacial score (nSPS) is 14.5. The van der Waals surface area contributed by atoms with Gasteiger partial charge in [0.1, 0.15) is 11.0 Å². The third-order valence-corrected chi connectivity index (χ3v) is 4.42. The van der Waals surface area contributed by atoms with Crippen molar-refractivity contribution in [2.24, 2.45) is 0 Å². The van der Waals surface area contributed by atoms with Gasteiger partial charge < -0.3 is 14.3 Å². The maximum atomic E-state index is 11.0. The van der Waals surface area contributed by atoms with Crippen LogP contribution in [0.25, 0.3) is 11.5 Å². The summed E-state index contributed by atoms with van der Waals surface area (Å²) in [5.74, 6) is 0.411. The fourth-order valence-electron chi connectivity index (χ4n) is 2.12. The predicted molar refractivity (Wildman–Crippen MR) is 76.5 cm³/mol. The highest BCUT2D eigenvalue weighted by molar-refractivity contribution is 8.00. The van der Waals surface area contributed by atoms with Crippen LogP contribution < -0.4 is 4.74 Å². The first kappa shape index (κ1) is 13.9. The second kappa shape index (κ2) is 5.77. The molecule has 1 aliphatic rings. The van der Waals surface area contributed by atoms with Crippen LogP contribution in [0.15, 0.2) is 27.8 Å². The first-order valence-corrected chi connectivity index (χ1v) is 7.54. The SMILES string of the molecule is CCC(Sc1nnc(-c2ccc3c(c2)CCO3)o1)C(=O)O. The van der Waals surface area contributed by atoms with Gasteiger partial charge in [0, 0.05) is 12.0 Å². The van der Waals surface area contributed by atoms with E-state index in [4.69, 9.17) is 14.3 Å². The molecule has 1 aliphatic heterocycles. The average molecular weight is 306 g/mol. The quantitative estimate of drug-likeness (QED) is 0.850.